The summed E-state index contributed by atoms with van der Waals surface area (Å²) in [5.74, 6) is -2.10. The SMILES string of the molecule is CC(C)(C)c1cccc(C=C2C(=O)NC(=O)NC2=O)c1OCc1ccc(C(=O)O)cc1. The van der Waals surface area contributed by atoms with Crippen molar-refractivity contribution in [3.8, 4) is 5.75 Å². The number of ether oxygens (including phenoxy) is 1. The van der Waals surface area contributed by atoms with E-state index in [9.17, 15) is 19.2 Å². The molecule has 160 valence electrons. The zero-order chi connectivity index (χ0) is 22.8. The lowest BCUT2D eigenvalue weighted by Crippen LogP contribution is -2.51. The summed E-state index contributed by atoms with van der Waals surface area (Å²) in [5.41, 5.74) is 1.78. The maximum atomic E-state index is 12.1. The second-order valence-electron chi connectivity index (χ2n) is 8.06. The number of carbonyl (C=O) groups is 4. The first-order valence-electron chi connectivity index (χ1n) is 9.53. The molecule has 1 heterocycles. The van der Waals surface area contributed by atoms with E-state index in [-0.39, 0.29) is 23.2 Å². The van der Waals surface area contributed by atoms with Crippen molar-refractivity contribution >= 4 is 29.9 Å². The van der Waals surface area contributed by atoms with Gasteiger partial charge in [0, 0.05) is 11.1 Å². The number of urea groups is 1. The number of benzene rings is 2. The van der Waals surface area contributed by atoms with Crippen LogP contribution in [-0.2, 0) is 21.6 Å². The fourth-order valence-corrected chi connectivity index (χ4v) is 3.08. The van der Waals surface area contributed by atoms with Gasteiger partial charge in [-0.15, -0.1) is 0 Å². The van der Waals surface area contributed by atoms with Crippen LogP contribution in [0.1, 0.15) is 47.8 Å². The highest BCUT2D eigenvalue weighted by Gasteiger charge is 2.29. The van der Waals surface area contributed by atoms with Crippen molar-refractivity contribution < 1.29 is 29.0 Å². The second-order valence-corrected chi connectivity index (χ2v) is 8.06. The van der Waals surface area contributed by atoms with Crippen molar-refractivity contribution in [2.45, 2.75) is 32.8 Å². The third-order valence-corrected chi connectivity index (χ3v) is 4.68. The molecule has 1 fully saturated rings. The van der Waals surface area contributed by atoms with E-state index >= 15 is 0 Å². The molecule has 1 aliphatic heterocycles. The van der Waals surface area contributed by atoms with Crippen LogP contribution < -0.4 is 15.4 Å². The van der Waals surface area contributed by atoms with Gasteiger partial charge in [0.1, 0.15) is 17.9 Å². The van der Waals surface area contributed by atoms with E-state index in [1.807, 2.05) is 37.5 Å². The number of para-hydroxylation sites is 1. The number of rotatable bonds is 5. The summed E-state index contributed by atoms with van der Waals surface area (Å²) in [6, 6.07) is 10.9. The van der Waals surface area contributed by atoms with E-state index in [4.69, 9.17) is 9.84 Å². The Hall–Kier alpha value is -3.94. The molecule has 4 amide bonds. The van der Waals surface area contributed by atoms with Crippen molar-refractivity contribution in [2.75, 3.05) is 0 Å². The molecule has 0 unspecified atom stereocenters. The fraction of sp³-hybridized carbons (Fsp3) is 0.217. The van der Waals surface area contributed by atoms with Gasteiger partial charge in [0.2, 0.25) is 0 Å². The molecule has 8 heteroatoms. The van der Waals surface area contributed by atoms with Gasteiger partial charge in [-0.2, -0.15) is 0 Å². The van der Waals surface area contributed by atoms with Crippen LogP contribution in [0.4, 0.5) is 4.79 Å². The number of nitrogens with one attached hydrogen (secondary N) is 2. The van der Waals surface area contributed by atoms with Gasteiger partial charge in [-0.05, 0) is 29.2 Å². The van der Waals surface area contributed by atoms with Gasteiger partial charge in [-0.25, -0.2) is 9.59 Å². The minimum atomic E-state index is -1.01. The topological polar surface area (TPSA) is 122 Å². The summed E-state index contributed by atoms with van der Waals surface area (Å²) >= 11 is 0. The van der Waals surface area contributed by atoms with E-state index in [1.54, 1.807) is 24.3 Å². The van der Waals surface area contributed by atoms with Crippen LogP contribution in [0.25, 0.3) is 6.08 Å². The lowest BCUT2D eigenvalue weighted by Gasteiger charge is -2.24. The number of amides is 4. The molecule has 1 aliphatic rings. The van der Waals surface area contributed by atoms with E-state index in [2.05, 4.69) is 0 Å². The molecular formula is C23H22N2O6. The zero-order valence-corrected chi connectivity index (χ0v) is 17.3. The Morgan fingerprint density at radius 2 is 1.61 bits per heavy atom. The standard InChI is InChI=1S/C23H22N2O6/c1-23(2,3)17-6-4-5-15(11-16-19(26)24-22(30)25-20(16)27)18(17)31-12-13-7-9-14(10-8-13)21(28)29/h4-11H,12H2,1-3H3,(H,28,29)(H2,24,25,26,27,30). The van der Waals surface area contributed by atoms with Gasteiger partial charge >= 0.3 is 12.0 Å². The minimum absolute atomic E-state index is 0.153. The quantitative estimate of drug-likeness (QED) is 0.503. The summed E-state index contributed by atoms with van der Waals surface area (Å²) in [5, 5.41) is 13.1. The van der Waals surface area contributed by atoms with Crippen LogP contribution in [0.3, 0.4) is 0 Å². The predicted octanol–water partition coefficient (Wildman–Crippen LogP) is 3.01. The van der Waals surface area contributed by atoms with Crippen LogP contribution >= 0.6 is 0 Å². The lowest BCUT2D eigenvalue weighted by molar-refractivity contribution is -0.123. The first-order chi connectivity index (χ1) is 14.6. The third-order valence-electron chi connectivity index (χ3n) is 4.68. The van der Waals surface area contributed by atoms with Crippen molar-refractivity contribution in [1.82, 2.24) is 10.6 Å². The Labute approximate surface area is 178 Å². The number of imide groups is 2. The molecule has 3 rings (SSSR count). The average molecular weight is 422 g/mol. The number of carbonyl (C=O) groups excluding carboxylic acids is 3. The predicted molar refractivity (Wildman–Crippen MR) is 113 cm³/mol. The highest BCUT2D eigenvalue weighted by atomic mass is 16.5. The van der Waals surface area contributed by atoms with E-state index in [1.165, 1.54) is 18.2 Å². The number of hydrogen-bond donors (Lipinski definition) is 3. The highest BCUT2D eigenvalue weighted by Crippen LogP contribution is 2.36. The van der Waals surface area contributed by atoms with Crippen LogP contribution in [0.5, 0.6) is 5.75 Å². The Balaban J connectivity index is 1.98. The van der Waals surface area contributed by atoms with Crippen LogP contribution in [-0.4, -0.2) is 28.9 Å². The summed E-state index contributed by atoms with van der Waals surface area (Å²) in [7, 11) is 0. The fourth-order valence-electron chi connectivity index (χ4n) is 3.08. The summed E-state index contributed by atoms with van der Waals surface area (Å²) in [6.45, 7) is 6.17. The molecule has 2 aromatic rings. The van der Waals surface area contributed by atoms with Crippen LogP contribution in [0, 0.1) is 0 Å². The number of aromatic carboxylic acids is 1. The molecule has 1 saturated heterocycles. The molecule has 3 N–H and O–H groups in total. The van der Waals surface area contributed by atoms with Crippen molar-refractivity contribution in [3.63, 3.8) is 0 Å². The lowest BCUT2D eigenvalue weighted by atomic mass is 9.85. The molecule has 31 heavy (non-hydrogen) atoms. The van der Waals surface area contributed by atoms with Gasteiger partial charge in [0.15, 0.2) is 0 Å². The molecule has 0 bridgehead atoms. The molecule has 0 aromatic heterocycles. The van der Waals surface area contributed by atoms with Crippen molar-refractivity contribution in [1.29, 1.82) is 0 Å². The molecule has 0 saturated carbocycles. The molecule has 0 aliphatic carbocycles. The zero-order valence-electron chi connectivity index (χ0n) is 17.3. The first-order valence-corrected chi connectivity index (χ1v) is 9.53. The molecule has 0 atom stereocenters. The van der Waals surface area contributed by atoms with Crippen molar-refractivity contribution in [3.05, 3.63) is 70.3 Å². The van der Waals surface area contributed by atoms with E-state index in [0.29, 0.717) is 11.3 Å². The maximum Gasteiger partial charge on any atom is 0.335 e. The second kappa shape index (κ2) is 8.43. The van der Waals surface area contributed by atoms with E-state index < -0.39 is 23.8 Å². The molecule has 0 radical (unpaired) electrons. The van der Waals surface area contributed by atoms with Gasteiger partial charge in [-0.3, -0.25) is 20.2 Å². The molecule has 2 aromatic carbocycles. The summed E-state index contributed by atoms with van der Waals surface area (Å²) in [4.78, 5) is 46.6. The summed E-state index contributed by atoms with van der Waals surface area (Å²) in [6.07, 6.45) is 1.38. The average Bonchev–Trinajstić information content (AvgIpc) is 2.69. The van der Waals surface area contributed by atoms with Crippen LogP contribution in [0.15, 0.2) is 48.0 Å². The smallest absolute Gasteiger partial charge is 0.335 e. The van der Waals surface area contributed by atoms with Gasteiger partial charge in [0.05, 0.1) is 5.56 Å². The first kappa shape index (κ1) is 21.8. The van der Waals surface area contributed by atoms with Gasteiger partial charge in [-0.1, -0.05) is 51.1 Å². The number of carboxylic acid groups (broad SMARTS) is 1. The summed E-state index contributed by atoms with van der Waals surface area (Å²) < 4.78 is 6.09. The largest absolute Gasteiger partial charge is 0.488 e. The monoisotopic (exact) mass is 422 g/mol. The van der Waals surface area contributed by atoms with E-state index in [0.717, 1.165) is 11.1 Å². The molecule has 8 nitrogen and oxygen atoms in total. The Bertz CT molecular complexity index is 1070. The Morgan fingerprint density at radius 3 is 2.16 bits per heavy atom. The number of hydrogen-bond acceptors (Lipinski definition) is 5. The van der Waals surface area contributed by atoms with Crippen molar-refractivity contribution in [2.24, 2.45) is 0 Å². The van der Waals surface area contributed by atoms with Gasteiger partial charge < -0.3 is 9.84 Å². The highest BCUT2D eigenvalue weighted by molar-refractivity contribution is 6.31. The number of carboxylic acids is 1. The third kappa shape index (κ3) is 4.98. The number of barbiturate groups is 1. The Kier molecular flexibility index (Phi) is 5.92. The minimum Gasteiger partial charge on any atom is -0.488 e. The normalized spacial score (nSPS) is 14.0. The molecular weight excluding hydrogens is 400 g/mol. The Morgan fingerprint density at radius 1 is 1.00 bits per heavy atom. The van der Waals surface area contributed by atoms with Crippen LogP contribution in [0.2, 0.25) is 0 Å². The maximum absolute atomic E-state index is 12.1. The van der Waals surface area contributed by atoms with Gasteiger partial charge in [0.25, 0.3) is 11.8 Å². The molecule has 0 spiro atoms.